The maximum atomic E-state index is 12.3. The molecule has 3 aromatic rings. The van der Waals surface area contributed by atoms with Crippen LogP contribution in [0.4, 0.5) is 4.39 Å². The van der Waals surface area contributed by atoms with Crippen LogP contribution in [0.1, 0.15) is 35.8 Å². The van der Waals surface area contributed by atoms with Crippen molar-refractivity contribution in [2.75, 3.05) is 13.2 Å². The second-order valence-electron chi connectivity index (χ2n) is 6.44. The van der Waals surface area contributed by atoms with Crippen molar-refractivity contribution >= 4 is 5.91 Å². The van der Waals surface area contributed by atoms with Gasteiger partial charge in [0.05, 0.1) is 12.5 Å². The van der Waals surface area contributed by atoms with Gasteiger partial charge < -0.3 is 5.32 Å². The molecule has 27 heavy (non-hydrogen) atoms. The largest absolute Gasteiger partial charge is 0.348 e. The van der Waals surface area contributed by atoms with Gasteiger partial charge in [0, 0.05) is 12.2 Å². The molecule has 0 atom stereocenters. The van der Waals surface area contributed by atoms with E-state index in [-0.39, 0.29) is 12.5 Å². The van der Waals surface area contributed by atoms with E-state index in [1.807, 2.05) is 24.3 Å². The van der Waals surface area contributed by atoms with E-state index in [1.165, 1.54) is 24.6 Å². The SMILES string of the molecule is CCCCc1ccc(-c2ccc(-n3cncc3C(=O)NCCF)cc2)cc1. The van der Waals surface area contributed by atoms with Gasteiger partial charge in [-0.3, -0.25) is 9.36 Å². The number of aromatic nitrogens is 2. The molecule has 0 aliphatic heterocycles. The van der Waals surface area contributed by atoms with Crippen molar-refractivity contribution in [3.63, 3.8) is 0 Å². The van der Waals surface area contributed by atoms with Gasteiger partial charge in [0.15, 0.2) is 0 Å². The van der Waals surface area contributed by atoms with Crippen LogP contribution in [0.3, 0.4) is 0 Å². The fourth-order valence-corrected chi connectivity index (χ4v) is 2.98. The quantitative estimate of drug-likeness (QED) is 0.635. The number of aryl methyl sites for hydroxylation is 1. The molecule has 0 spiro atoms. The number of imidazole rings is 1. The summed E-state index contributed by atoms with van der Waals surface area (Å²) in [4.78, 5) is 16.2. The number of hydrogen-bond acceptors (Lipinski definition) is 2. The first kappa shape index (κ1) is 18.8. The summed E-state index contributed by atoms with van der Waals surface area (Å²) in [5, 5.41) is 2.53. The third-order valence-corrected chi connectivity index (χ3v) is 4.50. The molecular formula is C22H24FN3O. The zero-order valence-electron chi connectivity index (χ0n) is 15.5. The van der Waals surface area contributed by atoms with Gasteiger partial charge in [-0.25, -0.2) is 9.37 Å². The number of rotatable bonds is 8. The summed E-state index contributed by atoms with van der Waals surface area (Å²) in [6, 6.07) is 16.6. The summed E-state index contributed by atoms with van der Waals surface area (Å²) >= 11 is 0. The minimum atomic E-state index is -0.591. The van der Waals surface area contributed by atoms with Gasteiger partial charge in [-0.15, -0.1) is 0 Å². The highest BCUT2D eigenvalue weighted by Crippen LogP contribution is 2.22. The molecule has 5 heteroatoms. The highest BCUT2D eigenvalue weighted by molar-refractivity contribution is 5.93. The van der Waals surface area contributed by atoms with E-state index >= 15 is 0 Å². The molecule has 4 nitrogen and oxygen atoms in total. The van der Waals surface area contributed by atoms with Crippen LogP contribution in [-0.2, 0) is 6.42 Å². The van der Waals surface area contributed by atoms with E-state index < -0.39 is 6.67 Å². The predicted octanol–water partition coefficient (Wildman–Crippen LogP) is 4.58. The summed E-state index contributed by atoms with van der Waals surface area (Å²) in [5.74, 6) is -0.336. The molecule has 1 aromatic heterocycles. The third-order valence-electron chi connectivity index (χ3n) is 4.50. The minimum absolute atomic E-state index is 0.00278. The minimum Gasteiger partial charge on any atom is -0.348 e. The molecule has 1 heterocycles. The molecule has 0 unspecified atom stereocenters. The fourth-order valence-electron chi connectivity index (χ4n) is 2.98. The van der Waals surface area contributed by atoms with Crippen molar-refractivity contribution in [2.24, 2.45) is 0 Å². The van der Waals surface area contributed by atoms with E-state index in [0.29, 0.717) is 5.69 Å². The Morgan fingerprint density at radius 3 is 2.37 bits per heavy atom. The number of alkyl halides is 1. The summed E-state index contributed by atoms with van der Waals surface area (Å²) in [7, 11) is 0. The molecule has 0 bridgehead atoms. The molecule has 0 radical (unpaired) electrons. The number of unbranched alkanes of at least 4 members (excludes halogenated alkanes) is 1. The van der Waals surface area contributed by atoms with Crippen LogP contribution in [0.2, 0.25) is 0 Å². The first-order chi connectivity index (χ1) is 13.2. The van der Waals surface area contributed by atoms with Gasteiger partial charge in [0.2, 0.25) is 0 Å². The molecule has 140 valence electrons. The standard InChI is InChI=1S/C22H24FN3O/c1-2-3-4-17-5-7-18(8-6-17)19-9-11-20(12-10-19)26-16-24-15-21(26)22(27)25-14-13-23/h5-12,15-16H,2-4,13-14H2,1H3,(H,25,27). The number of halogens is 1. The number of nitrogens with one attached hydrogen (secondary N) is 1. The van der Waals surface area contributed by atoms with Gasteiger partial charge in [0.25, 0.3) is 5.91 Å². The Morgan fingerprint density at radius 1 is 1.07 bits per heavy atom. The number of carbonyl (C=O) groups excluding carboxylic acids is 1. The van der Waals surface area contributed by atoms with Crippen LogP contribution < -0.4 is 5.32 Å². The van der Waals surface area contributed by atoms with Crippen molar-refractivity contribution in [2.45, 2.75) is 26.2 Å². The molecular weight excluding hydrogens is 341 g/mol. The van der Waals surface area contributed by atoms with Crippen molar-refractivity contribution in [1.82, 2.24) is 14.9 Å². The number of amides is 1. The van der Waals surface area contributed by atoms with Crippen molar-refractivity contribution < 1.29 is 9.18 Å². The molecule has 0 fully saturated rings. The van der Waals surface area contributed by atoms with E-state index in [9.17, 15) is 9.18 Å². The smallest absolute Gasteiger partial charge is 0.270 e. The summed E-state index contributed by atoms with van der Waals surface area (Å²) in [6.07, 6.45) is 6.59. The zero-order valence-corrected chi connectivity index (χ0v) is 15.5. The average Bonchev–Trinajstić information content (AvgIpc) is 3.21. The van der Waals surface area contributed by atoms with Crippen molar-refractivity contribution in [3.05, 3.63) is 72.3 Å². The van der Waals surface area contributed by atoms with Crippen LogP contribution >= 0.6 is 0 Å². The highest BCUT2D eigenvalue weighted by atomic mass is 19.1. The first-order valence-corrected chi connectivity index (χ1v) is 9.29. The molecule has 2 aromatic carbocycles. The van der Waals surface area contributed by atoms with Gasteiger partial charge in [-0.05, 0) is 41.7 Å². The van der Waals surface area contributed by atoms with E-state index in [0.717, 1.165) is 23.2 Å². The maximum Gasteiger partial charge on any atom is 0.270 e. The van der Waals surface area contributed by atoms with Crippen molar-refractivity contribution in [3.8, 4) is 16.8 Å². The Balaban J connectivity index is 1.76. The average molecular weight is 365 g/mol. The normalized spacial score (nSPS) is 10.7. The molecule has 3 rings (SSSR count). The summed E-state index contributed by atoms with van der Waals surface area (Å²) < 4.78 is 14.0. The molecule has 0 saturated heterocycles. The Bertz CT molecular complexity index is 869. The van der Waals surface area contributed by atoms with Crippen LogP contribution in [0, 0.1) is 0 Å². The Kier molecular flexibility index (Phi) is 6.36. The van der Waals surface area contributed by atoms with Crippen molar-refractivity contribution in [1.29, 1.82) is 0 Å². The lowest BCUT2D eigenvalue weighted by molar-refractivity contribution is 0.0944. The third kappa shape index (κ3) is 4.61. The maximum absolute atomic E-state index is 12.3. The summed E-state index contributed by atoms with van der Waals surface area (Å²) in [5.41, 5.74) is 4.86. The lowest BCUT2D eigenvalue weighted by Crippen LogP contribution is -2.27. The van der Waals surface area contributed by atoms with Crippen LogP contribution in [-0.4, -0.2) is 28.7 Å². The van der Waals surface area contributed by atoms with E-state index in [2.05, 4.69) is 41.5 Å². The highest BCUT2D eigenvalue weighted by Gasteiger charge is 2.12. The topological polar surface area (TPSA) is 46.9 Å². The second-order valence-corrected chi connectivity index (χ2v) is 6.44. The van der Waals surface area contributed by atoms with Crippen LogP contribution in [0.15, 0.2) is 61.1 Å². The second kappa shape index (κ2) is 9.12. The van der Waals surface area contributed by atoms with E-state index in [1.54, 1.807) is 10.9 Å². The number of carbonyl (C=O) groups is 1. The van der Waals surface area contributed by atoms with Gasteiger partial charge in [0.1, 0.15) is 12.4 Å². The van der Waals surface area contributed by atoms with Gasteiger partial charge >= 0.3 is 0 Å². The molecule has 0 aliphatic carbocycles. The van der Waals surface area contributed by atoms with Crippen LogP contribution in [0.5, 0.6) is 0 Å². The van der Waals surface area contributed by atoms with Crippen LogP contribution in [0.25, 0.3) is 16.8 Å². The number of benzene rings is 2. The number of nitrogens with zero attached hydrogens (tertiary/aromatic N) is 2. The summed E-state index contributed by atoms with van der Waals surface area (Å²) in [6.45, 7) is 1.61. The molecule has 0 aliphatic rings. The Hall–Kier alpha value is -2.95. The lowest BCUT2D eigenvalue weighted by atomic mass is 10.0. The monoisotopic (exact) mass is 365 g/mol. The fraction of sp³-hybridized carbons (Fsp3) is 0.273. The lowest BCUT2D eigenvalue weighted by Gasteiger charge is -2.10. The Labute approximate surface area is 159 Å². The molecule has 1 amide bonds. The van der Waals surface area contributed by atoms with E-state index in [4.69, 9.17) is 0 Å². The van der Waals surface area contributed by atoms with Gasteiger partial charge in [-0.2, -0.15) is 0 Å². The molecule has 1 N–H and O–H groups in total. The molecule has 0 saturated carbocycles. The predicted molar refractivity (Wildman–Crippen MR) is 106 cm³/mol. The first-order valence-electron chi connectivity index (χ1n) is 9.29. The zero-order chi connectivity index (χ0) is 19.1. The Morgan fingerprint density at radius 2 is 1.74 bits per heavy atom. The number of hydrogen-bond donors (Lipinski definition) is 1. The van der Waals surface area contributed by atoms with Gasteiger partial charge in [-0.1, -0.05) is 49.7 Å².